The van der Waals surface area contributed by atoms with Crippen molar-refractivity contribution in [3.05, 3.63) is 0 Å². The number of carbonyl (C=O) groups is 2. The molecule has 0 bridgehead atoms. The van der Waals surface area contributed by atoms with Crippen molar-refractivity contribution < 1.29 is 29.3 Å². The van der Waals surface area contributed by atoms with Crippen molar-refractivity contribution in [2.45, 2.75) is 122 Å². The van der Waals surface area contributed by atoms with E-state index >= 15 is 0 Å². The number of aliphatic hydroxyl groups is 2. The molecule has 6 nitrogen and oxygen atoms in total. The van der Waals surface area contributed by atoms with Gasteiger partial charge in [0.2, 0.25) is 0 Å². The van der Waals surface area contributed by atoms with Crippen LogP contribution in [0.5, 0.6) is 0 Å². The minimum Gasteiger partial charge on any atom is -0.463 e. The highest BCUT2D eigenvalue weighted by Gasteiger charge is 2.12. The van der Waals surface area contributed by atoms with Crippen LogP contribution in [0, 0.1) is 0 Å². The van der Waals surface area contributed by atoms with E-state index in [0.717, 1.165) is 44.9 Å². The molecular formula is C23H44O6. The Bertz CT molecular complexity index is 399. The van der Waals surface area contributed by atoms with E-state index in [1.54, 1.807) is 0 Å². The molecule has 172 valence electrons. The van der Waals surface area contributed by atoms with Gasteiger partial charge in [-0.15, -0.1) is 0 Å². The van der Waals surface area contributed by atoms with Gasteiger partial charge in [-0.1, -0.05) is 71.6 Å². The van der Waals surface area contributed by atoms with Crippen molar-refractivity contribution in [3.8, 4) is 0 Å². The fourth-order valence-corrected chi connectivity index (χ4v) is 3.05. The molecule has 0 spiro atoms. The molecular weight excluding hydrogens is 372 g/mol. The summed E-state index contributed by atoms with van der Waals surface area (Å²) in [5, 5.41) is 19.6. The van der Waals surface area contributed by atoms with Crippen LogP contribution in [-0.4, -0.2) is 47.6 Å². The van der Waals surface area contributed by atoms with E-state index in [2.05, 4.69) is 13.8 Å². The van der Waals surface area contributed by atoms with Gasteiger partial charge in [0, 0.05) is 12.8 Å². The summed E-state index contributed by atoms with van der Waals surface area (Å²) in [6.45, 7) is 3.97. The third kappa shape index (κ3) is 19.9. The molecule has 6 heteroatoms. The van der Waals surface area contributed by atoms with Gasteiger partial charge in [0.05, 0.1) is 6.10 Å². The third-order valence-electron chi connectivity index (χ3n) is 4.92. The normalized spacial score (nSPS) is 13.1. The molecule has 0 rings (SSSR count). The minimum atomic E-state index is -1.00. The molecule has 0 aromatic carbocycles. The quantitative estimate of drug-likeness (QED) is 0.221. The summed E-state index contributed by atoms with van der Waals surface area (Å²) in [6.07, 6.45) is 12.3. The number of hydrogen-bond acceptors (Lipinski definition) is 6. The van der Waals surface area contributed by atoms with Crippen molar-refractivity contribution in [2.75, 3.05) is 13.2 Å². The summed E-state index contributed by atoms with van der Waals surface area (Å²) in [7, 11) is 0. The van der Waals surface area contributed by atoms with Crippen molar-refractivity contribution in [1.82, 2.24) is 0 Å². The number of esters is 2. The molecule has 0 aromatic rings. The second kappa shape index (κ2) is 20.1. The maximum absolute atomic E-state index is 11.7. The van der Waals surface area contributed by atoms with E-state index in [-0.39, 0.29) is 31.7 Å². The van der Waals surface area contributed by atoms with Crippen molar-refractivity contribution >= 4 is 11.9 Å². The number of unbranched alkanes of at least 4 members (excludes halogenated alkanes) is 8. The van der Waals surface area contributed by atoms with E-state index in [4.69, 9.17) is 9.47 Å². The van der Waals surface area contributed by atoms with E-state index in [9.17, 15) is 19.8 Å². The maximum Gasteiger partial charge on any atom is 0.305 e. The molecule has 0 fully saturated rings. The van der Waals surface area contributed by atoms with Crippen LogP contribution < -0.4 is 0 Å². The van der Waals surface area contributed by atoms with Crippen LogP contribution >= 0.6 is 0 Å². The summed E-state index contributed by atoms with van der Waals surface area (Å²) in [5.74, 6) is -0.722. The zero-order valence-electron chi connectivity index (χ0n) is 18.7. The van der Waals surface area contributed by atoms with Gasteiger partial charge in [0.25, 0.3) is 0 Å². The van der Waals surface area contributed by atoms with E-state index in [0.29, 0.717) is 19.3 Å². The zero-order valence-corrected chi connectivity index (χ0v) is 18.7. The molecule has 2 unspecified atom stereocenters. The summed E-state index contributed by atoms with van der Waals surface area (Å²) in [6, 6.07) is 0. The van der Waals surface area contributed by atoms with Crippen LogP contribution in [0.4, 0.5) is 0 Å². The first-order valence-electron chi connectivity index (χ1n) is 11.7. The highest BCUT2D eigenvalue weighted by molar-refractivity contribution is 5.69. The van der Waals surface area contributed by atoms with Gasteiger partial charge in [0.1, 0.15) is 19.3 Å². The standard InChI is InChI=1S/C23H44O6/c1-3-5-7-8-9-10-12-16-22(26)28-18-21(25)19-29-23(27)17-13-15-20(24)14-11-6-4-2/h20-21,24-25H,3-19H2,1-2H3. The van der Waals surface area contributed by atoms with Gasteiger partial charge in [-0.3, -0.25) is 9.59 Å². The van der Waals surface area contributed by atoms with Crippen LogP contribution in [0.3, 0.4) is 0 Å². The average molecular weight is 417 g/mol. The first-order chi connectivity index (χ1) is 14.0. The number of hydrogen-bond donors (Lipinski definition) is 2. The fourth-order valence-electron chi connectivity index (χ4n) is 3.05. The van der Waals surface area contributed by atoms with Crippen molar-refractivity contribution in [1.29, 1.82) is 0 Å². The first kappa shape index (κ1) is 27.9. The molecule has 0 saturated carbocycles. The molecule has 0 heterocycles. The topological polar surface area (TPSA) is 93.1 Å². The van der Waals surface area contributed by atoms with E-state index < -0.39 is 12.1 Å². The first-order valence-corrected chi connectivity index (χ1v) is 11.7. The van der Waals surface area contributed by atoms with Crippen LogP contribution in [0.1, 0.15) is 110 Å². The smallest absolute Gasteiger partial charge is 0.305 e. The molecule has 0 aliphatic carbocycles. The van der Waals surface area contributed by atoms with Gasteiger partial charge in [0.15, 0.2) is 0 Å². The summed E-state index contributed by atoms with van der Waals surface area (Å²) in [4.78, 5) is 23.3. The summed E-state index contributed by atoms with van der Waals surface area (Å²) < 4.78 is 10.0. The highest BCUT2D eigenvalue weighted by atomic mass is 16.6. The van der Waals surface area contributed by atoms with Crippen LogP contribution in [-0.2, 0) is 19.1 Å². The Morgan fingerprint density at radius 2 is 1.07 bits per heavy atom. The summed E-state index contributed by atoms with van der Waals surface area (Å²) in [5.41, 5.74) is 0. The average Bonchev–Trinajstić information content (AvgIpc) is 2.70. The van der Waals surface area contributed by atoms with Crippen LogP contribution in [0.15, 0.2) is 0 Å². The minimum absolute atomic E-state index is 0.154. The van der Waals surface area contributed by atoms with E-state index in [1.165, 1.54) is 25.7 Å². The molecule has 2 N–H and O–H groups in total. The van der Waals surface area contributed by atoms with Crippen LogP contribution in [0.25, 0.3) is 0 Å². The van der Waals surface area contributed by atoms with Crippen LogP contribution in [0.2, 0.25) is 0 Å². The van der Waals surface area contributed by atoms with Gasteiger partial charge in [-0.2, -0.15) is 0 Å². The lowest BCUT2D eigenvalue weighted by Gasteiger charge is -2.13. The molecule has 0 radical (unpaired) electrons. The zero-order chi connectivity index (χ0) is 21.7. The lowest BCUT2D eigenvalue weighted by molar-refractivity contribution is -0.152. The second-order valence-electron chi connectivity index (χ2n) is 7.93. The molecule has 2 atom stereocenters. The number of ether oxygens (including phenoxy) is 2. The largest absolute Gasteiger partial charge is 0.463 e. The number of carbonyl (C=O) groups excluding carboxylic acids is 2. The lowest BCUT2D eigenvalue weighted by atomic mass is 10.1. The maximum atomic E-state index is 11.7. The molecule has 0 saturated heterocycles. The Labute approximate surface area is 177 Å². The monoisotopic (exact) mass is 416 g/mol. The van der Waals surface area contributed by atoms with Gasteiger partial charge < -0.3 is 19.7 Å². The Hall–Kier alpha value is -1.14. The Morgan fingerprint density at radius 3 is 1.66 bits per heavy atom. The molecule has 0 amide bonds. The predicted molar refractivity (Wildman–Crippen MR) is 115 cm³/mol. The summed E-state index contributed by atoms with van der Waals surface area (Å²) >= 11 is 0. The van der Waals surface area contributed by atoms with Gasteiger partial charge >= 0.3 is 11.9 Å². The predicted octanol–water partition coefficient (Wildman–Crippen LogP) is 4.69. The number of aliphatic hydroxyl groups excluding tert-OH is 2. The second-order valence-corrected chi connectivity index (χ2v) is 7.93. The van der Waals surface area contributed by atoms with Crippen molar-refractivity contribution in [2.24, 2.45) is 0 Å². The third-order valence-corrected chi connectivity index (χ3v) is 4.92. The lowest BCUT2D eigenvalue weighted by Crippen LogP contribution is -2.25. The highest BCUT2D eigenvalue weighted by Crippen LogP contribution is 2.11. The molecule has 0 aromatic heterocycles. The SMILES string of the molecule is CCCCCCCCCC(=O)OCC(O)COC(=O)CCCC(O)CCCCC. The van der Waals surface area contributed by atoms with Gasteiger partial charge in [-0.05, 0) is 25.7 Å². The Balaban J connectivity index is 3.58. The molecule has 29 heavy (non-hydrogen) atoms. The fraction of sp³-hybridized carbons (Fsp3) is 0.913. The number of rotatable bonds is 20. The van der Waals surface area contributed by atoms with E-state index in [1.807, 2.05) is 0 Å². The van der Waals surface area contributed by atoms with Crippen molar-refractivity contribution in [3.63, 3.8) is 0 Å². The molecule has 0 aliphatic heterocycles. The Kier molecular flexibility index (Phi) is 19.4. The Morgan fingerprint density at radius 1 is 0.621 bits per heavy atom. The molecule has 0 aliphatic rings. The van der Waals surface area contributed by atoms with Gasteiger partial charge in [-0.25, -0.2) is 0 Å².